The van der Waals surface area contributed by atoms with E-state index in [-0.39, 0.29) is 0 Å². The molecule has 0 aliphatic carbocycles. The Kier molecular flexibility index (Phi) is 5.88. The monoisotopic (exact) mass is 136 g/mol. The van der Waals surface area contributed by atoms with Gasteiger partial charge in [0.1, 0.15) is 6.17 Å². The van der Waals surface area contributed by atoms with Crippen LogP contribution in [0.4, 0.5) is 4.39 Å². The molecule has 3 heteroatoms. The Labute approximate surface area is 54.6 Å². The summed E-state index contributed by atoms with van der Waals surface area (Å²) in [5.41, 5.74) is 0. The first-order chi connectivity index (χ1) is 4.31. The van der Waals surface area contributed by atoms with Crippen molar-refractivity contribution in [1.29, 1.82) is 0 Å². The van der Waals surface area contributed by atoms with Gasteiger partial charge in [0.05, 0.1) is 6.61 Å². The molecule has 0 amide bonds. The van der Waals surface area contributed by atoms with Gasteiger partial charge in [-0.05, 0) is 6.92 Å². The van der Waals surface area contributed by atoms with Crippen molar-refractivity contribution in [3.05, 3.63) is 0 Å². The Bertz CT molecular complexity index is 59.0. The summed E-state index contributed by atoms with van der Waals surface area (Å²) in [5.74, 6) is 0. The van der Waals surface area contributed by atoms with Gasteiger partial charge >= 0.3 is 0 Å². The highest BCUT2D eigenvalue weighted by Crippen LogP contribution is 1.95. The van der Waals surface area contributed by atoms with Crippen molar-refractivity contribution in [2.75, 3.05) is 19.8 Å². The molecule has 56 valence electrons. The fourth-order valence-electron chi connectivity index (χ4n) is 0.447. The van der Waals surface area contributed by atoms with Gasteiger partial charge in [0, 0.05) is 19.6 Å². The predicted molar refractivity (Wildman–Crippen MR) is 33.1 cm³/mol. The van der Waals surface area contributed by atoms with Crippen molar-refractivity contribution in [1.82, 2.24) is 0 Å². The molecule has 0 aromatic heterocycles. The zero-order valence-electron chi connectivity index (χ0n) is 5.64. The van der Waals surface area contributed by atoms with Gasteiger partial charge in [-0.25, -0.2) is 4.39 Å². The highest BCUT2D eigenvalue weighted by atomic mass is 19.1. The summed E-state index contributed by atoms with van der Waals surface area (Å²) in [4.78, 5) is 0. The van der Waals surface area contributed by atoms with Gasteiger partial charge in [-0.2, -0.15) is 0 Å². The van der Waals surface area contributed by atoms with Crippen molar-refractivity contribution in [3.63, 3.8) is 0 Å². The average Bonchev–Trinajstić information content (AvgIpc) is 1.89. The van der Waals surface area contributed by atoms with E-state index in [2.05, 4.69) is 0 Å². The van der Waals surface area contributed by atoms with Crippen LogP contribution >= 0.6 is 0 Å². The Balaban J connectivity index is 2.88. The summed E-state index contributed by atoms with van der Waals surface area (Å²) in [6.07, 6.45) is -0.818. The number of hydrogen-bond donors (Lipinski definition) is 1. The number of hydrogen-bond acceptors (Lipinski definition) is 2. The third-order valence-corrected chi connectivity index (χ3v) is 0.978. The van der Waals surface area contributed by atoms with Gasteiger partial charge in [-0.15, -0.1) is 0 Å². The first-order valence-electron chi connectivity index (χ1n) is 3.14. The first-order valence-corrected chi connectivity index (χ1v) is 3.14. The minimum Gasteiger partial charge on any atom is -0.393 e. The lowest BCUT2D eigenvalue weighted by molar-refractivity contribution is 0.0987. The van der Waals surface area contributed by atoms with E-state index < -0.39 is 12.8 Å². The summed E-state index contributed by atoms with van der Waals surface area (Å²) in [7, 11) is 0. The van der Waals surface area contributed by atoms with Crippen molar-refractivity contribution in [3.8, 4) is 0 Å². The van der Waals surface area contributed by atoms with Gasteiger partial charge in [-0.3, -0.25) is 0 Å². The normalized spacial score (nSPS) is 13.7. The molecule has 0 aliphatic heterocycles. The van der Waals surface area contributed by atoms with Crippen LogP contribution in [0, 0.1) is 0 Å². The third-order valence-electron chi connectivity index (χ3n) is 0.978. The van der Waals surface area contributed by atoms with Crippen molar-refractivity contribution in [2.45, 2.75) is 19.5 Å². The number of ether oxygens (including phenoxy) is 1. The maximum atomic E-state index is 12.1. The second kappa shape index (κ2) is 5.98. The zero-order valence-corrected chi connectivity index (χ0v) is 5.64. The lowest BCUT2D eigenvalue weighted by Gasteiger charge is -2.02. The maximum Gasteiger partial charge on any atom is 0.125 e. The Morgan fingerprint density at radius 1 is 1.67 bits per heavy atom. The van der Waals surface area contributed by atoms with Gasteiger partial charge in [0.2, 0.25) is 0 Å². The lowest BCUT2D eigenvalue weighted by atomic mass is 10.3. The average molecular weight is 136 g/mol. The molecule has 0 aromatic rings. The molecule has 1 N–H and O–H groups in total. The van der Waals surface area contributed by atoms with Crippen LogP contribution in [0.25, 0.3) is 0 Å². The zero-order chi connectivity index (χ0) is 7.11. The van der Waals surface area contributed by atoms with Crippen molar-refractivity contribution >= 4 is 0 Å². The molecule has 0 heterocycles. The third kappa shape index (κ3) is 5.73. The van der Waals surface area contributed by atoms with E-state index in [1.165, 1.54) is 0 Å². The van der Waals surface area contributed by atoms with Gasteiger partial charge in [0.25, 0.3) is 0 Å². The van der Waals surface area contributed by atoms with Crippen LogP contribution in [0.2, 0.25) is 0 Å². The fraction of sp³-hybridized carbons (Fsp3) is 1.00. The molecular formula is C6H13FO2. The second-order valence-corrected chi connectivity index (χ2v) is 1.77. The van der Waals surface area contributed by atoms with Crippen LogP contribution in [0.3, 0.4) is 0 Å². The Hall–Kier alpha value is -0.150. The van der Waals surface area contributed by atoms with Gasteiger partial charge in [-0.1, -0.05) is 0 Å². The van der Waals surface area contributed by atoms with Crippen LogP contribution in [0.15, 0.2) is 0 Å². The molecule has 0 spiro atoms. The molecule has 0 saturated heterocycles. The van der Waals surface area contributed by atoms with E-state index in [0.29, 0.717) is 19.6 Å². The standard InChI is InChI=1S/C6H13FO2/c1-2-9-4-3-6(7)5-8/h6,8H,2-5H2,1H3/t6-/m1/s1. The highest BCUT2D eigenvalue weighted by Gasteiger charge is 2.01. The van der Waals surface area contributed by atoms with E-state index in [1.807, 2.05) is 6.92 Å². The minimum absolute atomic E-state index is 0.296. The molecule has 1 atom stereocenters. The summed E-state index contributed by atoms with van der Waals surface area (Å²) in [5, 5.41) is 8.20. The van der Waals surface area contributed by atoms with E-state index in [4.69, 9.17) is 9.84 Å². The van der Waals surface area contributed by atoms with Crippen molar-refractivity contribution < 1.29 is 14.2 Å². The molecular weight excluding hydrogens is 123 g/mol. The molecule has 0 aromatic carbocycles. The van der Waals surface area contributed by atoms with Crippen LogP contribution in [0.5, 0.6) is 0 Å². The van der Waals surface area contributed by atoms with E-state index in [0.717, 1.165) is 0 Å². The topological polar surface area (TPSA) is 29.5 Å². The molecule has 0 radical (unpaired) electrons. The van der Waals surface area contributed by atoms with Crippen LogP contribution in [-0.2, 0) is 4.74 Å². The fourth-order valence-corrected chi connectivity index (χ4v) is 0.447. The molecule has 0 unspecified atom stereocenters. The van der Waals surface area contributed by atoms with Gasteiger partial charge < -0.3 is 9.84 Å². The SMILES string of the molecule is CCOCC[C@@H](F)CO. The number of rotatable bonds is 5. The Morgan fingerprint density at radius 2 is 2.33 bits per heavy atom. The van der Waals surface area contributed by atoms with Crippen LogP contribution < -0.4 is 0 Å². The smallest absolute Gasteiger partial charge is 0.125 e. The molecule has 9 heavy (non-hydrogen) atoms. The second-order valence-electron chi connectivity index (χ2n) is 1.77. The summed E-state index contributed by atoms with van der Waals surface area (Å²) < 4.78 is 17.0. The number of halogens is 1. The van der Waals surface area contributed by atoms with Crippen molar-refractivity contribution in [2.24, 2.45) is 0 Å². The van der Waals surface area contributed by atoms with Gasteiger partial charge in [0.15, 0.2) is 0 Å². The summed E-state index contributed by atoms with van der Waals surface area (Å²) in [6, 6.07) is 0. The molecule has 0 saturated carbocycles. The maximum absolute atomic E-state index is 12.1. The number of alkyl halides is 1. The lowest BCUT2D eigenvalue weighted by Crippen LogP contribution is -2.09. The summed E-state index contributed by atoms with van der Waals surface area (Å²) in [6.45, 7) is 2.47. The molecule has 0 aliphatic rings. The largest absolute Gasteiger partial charge is 0.393 e. The predicted octanol–water partition coefficient (Wildman–Crippen LogP) is 0.743. The minimum atomic E-state index is -1.11. The van der Waals surface area contributed by atoms with E-state index in [1.54, 1.807) is 0 Å². The number of aliphatic hydroxyl groups excluding tert-OH is 1. The molecule has 2 nitrogen and oxygen atoms in total. The molecule has 0 fully saturated rings. The van der Waals surface area contributed by atoms with Crippen LogP contribution in [-0.4, -0.2) is 31.1 Å². The molecule has 0 rings (SSSR count). The van der Waals surface area contributed by atoms with E-state index in [9.17, 15) is 4.39 Å². The molecule has 0 bridgehead atoms. The highest BCUT2D eigenvalue weighted by molar-refractivity contribution is 4.50. The summed E-state index contributed by atoms with van der Waals surface area (Å²) >= 11 is 0. The number of aliphatic hydroxyl groups is 1. The van der Waals surface area contributed by atoms with E-state index >= 15 is 0 Å². The Morgan fingerprint density at radius 3 is 2.78 bits per heavy atom. The van der Waals surface area contributed by atoms with Crippen LogP contribution in [0.1, 0.15) is 13.3 Å². The first kappa shape index (κ1) is 8.85. The quantitative estimate of drug-likeness (QED) is 0.565.